The topological polar surface area (TPSA) is 57.7 Å². The Morgan fingerprint density at radius 2 is 2.15 bits per heavy atom. The van der Waals surface area contributed by atoms with E-state index in [9.17, 15) is 4.79 Å². The van der Waals surface area contributed by atoms with Crippen LogP contribution in [-0.2, 0) is 16.1 Å². The summed E-state index contributed by atoms with van der Waals surface area (Å²) in [7, 11) is 0. The molecule has 6 nitrogen and oxygen atoms in total. The second-order valence-corrected chi connectivity index (χ2v) is 8.56. The highest BCUT2D eigenvalue weighted by Gasteiger charge is 2.26. The van der Waals surface area contributed by atoms with Gasteiger partial charge in [-0.15, -0.1) is 11.3 Å². The summed E-state index contributed by atoms with van der Waals surface area (Å²) in [5.74, 6) is 0.116. The van der Waals surface area contributed by atoms with Crippen molar-refractivity contribution in [2.24, 2.45) is 0 Å². The van der Waals surface area contributed by atoms with Crippen LogP contribution in [0.2, 0.25) is 0 Å². The van der Waals surface area contributed by atoms with E-state index in [0.29, 0.717) is 6.54 Å². The molecule has 2 fully saturated rings. The van der Waals surface area contributed by atoms with Crippen LogP contribution in [0.25, 0.3) is 10.2 Å². The highest BCUT2D eigenvalue weighted by Crippen LogP contribution is 2.23. The molecular weight excluding hydrogens is 360 g/mol. The van der Waals surface area contributed by atoms with Crippen molar-refractivity contribution >= 4 is 27.5 Å². The number of thiazole rings is 1. The van der Waals surface area contributed by atoms with Crippen molar-refractivity contribution in [2.75, 3.05) is 39.3 Å². The fraction of sp³-hybridized carbons (Fsp3) is 0.600. The van der Waals surface area contributed by atoms with Crippen molar-refractivity contribution in [2.45, 2.75) is 38.5 Å². The van der Waals surface area contributed by atoms with Gasteiger partial charge < -0.3 is 10.1 Å². The first kappa shape index (κ1) is 18.8. The lowest BCUT2D eigenvalue weighted by molar-refractivity contribution is -0.127. The number of carbonyl (C=O) groups is 1. The number of nitrogens with zero attached hydrogens (tertiary/aromatic N) is 3. The van der Waals surface area contributed by atoms with Crippen molar-refractivity contribution < 1.29 is 9.53 Å². The molecule has 2 aliphatic rings. The smallest absolute Gasteiger partial charge is 0.237 e. The first-order chi connectivity index (χ1) is 13.2. The van der Waals surface area contributed by atoms with Crippen molar-refractivity contribution in [3.63, 3.8) is 0 Å². The van der Waals surface area contributed by atoms with Gasteiger partial charge in [0.25, 0.3) is 0 Å². The Morgan fingerprint density at radius 3 is 2.89 bits per heavy atom. The van der Waals surface area contributed by atoms with Crippen LogP contribution in [0.3, 0.4) is 0 Å². The summed E-state index contributed by atoms with van der Waals surface area (Å²) in [6.07, 6.45) is 2.36. The van der Waals surface area contributed by atoms with Gasteiger partial charge in [-0.1, -0.05) is 12.1 Å². The van der Waals surface area contributed by atoms with E-state index in [0.717, 1.165) is 57.7 Å². The van der Waals surface area contributed by atoms with Crippen LogP contribution in [0.1, 0.15) is 24.8 Å². The number of para-hydroxylation sites is 1. The number of piperazine rings is 1. The van der Waals surface area contributed by atoms with Crippen LogP contribution in [0.15, 0.2) is 24.3 Å². The maximum Gasteiger partial charge on any atom is 0.237 e. The lowest BCUT2D eigenvalue weighted by Crippen LogP contribution is -2.54. The van der Waals surface area contributed by atoms with Crippen LogP contribution >= 0.6 is 11.3 Å². The Labute approximate surface area is 164 Å². The Hall–Kier alpha value is -1.54. The molecule has 7 heteroatoms. The number of rotatable bonds is 6. The van der Waals surface area contributed by atoms with E-state index in [1.165, 1.54) is 9.71 Å². The van der Waals surface area contributed by atoms with Gasteiger partial charge >= 0.3 is 0 Å². The zero-order valence-electron chi connectivity index (χ0n) is 15.9. The molecule has 2 aromatic rings. The molecule has 1 amide bonds. The van der Waals surface area contributed by atoms with Crippen LogP contribution in [0.4, 0.5) is 0 Å². The molecule has 4 rings (SSSR count). The fourth-order valence-electron chi connectivity index (χ4n) is 3.82. The predicted molar refractivity (Wildman–Crippen MR) is 108 cm³/mol. The number of amides is 1. The van der Waals surface area contributed by atoms with Crippen molar-refractivity contribution in [1.82, 2.24) is 20.1 Å². The van der Waals surface area contributed by atoms with Gasteiger partial charge in [-0.3, -0.25) is 14.6 Å². The molecule has 2 aliphatic heterocycles. The second kappa shape index (κ2) is 8.65. The number of benzene rings is 1. The fourth-order valence-corrected chi connectivity index (χ4v) is 4.83. The van der Waals surface area contributed by atoms with Crippen molar-refractivity contribution in [3.8, 4) is 0 Å². The summed E-state index contributed by atoms with van der Waals surface area (Å²) in [6.45, 7) is 8.14. The number of fused-ring (bicyclic) bond motifs is 1. The summed E-state index contributed by atoms with van der Waals surface area (Å²) >= 11 is 1.78. The maximum absolute atomic E-state index is 12.4. The van der Waals surface area contributed by atoms with E-state index in [2.05, 4.69) is 33.3 Å². The van der Waals surface area contributed by atoms with Crippen LogP contribution < -0.4 is 5.32 Å². The number of ether oxygens (including phenoxy) is 1. The zero-order chi connectivity index (χ0) is 18.6. The first-order valence-electron chi connectivity index (χ1n) is 9.89. The van der Waals surface area contributed by atoms with Gasteiger partial charge in [0.1, 0.15) is 5.01 Å². The van der Waals surface area contributed by atoms with Crippen molar-refractivity contribution in [1.29, 1.82) is 0 Å². The van der Waals surface area contributed by atoms with E-state index >= 15 is 0 Å². The molecule has 1 aromatic carbocycles. The minimum absolute atomic E-state index is 0.0870. The van der Waals surface area contributed by atoms with E-state index in [1.54, 1.807) is 11.3 Å². The van der Waals surface area contributed by atoms with Gasteiger partial charge in [0.05, 0.1) is 28.9 Å². The largest absolute Gasteiger partial charge is 0.376 e. The third-order valence-electron chi connectivity index (χ3n) is 5.56. The van der Waals surface area contributed by atoms with Crippen LogP contribution in [0, 0.1) is 0 Å². The normalized spacial score (nSPS) is 22.9. The van der Waals surface area contributed by atoms with Crippen LogP contribution in [0.5, 0.6) is 0 Å². The summed E-state index contributed by atoms with van der Waals surface area (Å²) < 4.78 is 6.83. The van der Waals surface area contributed by atoms with Crippen LogP contribution in [-0.4, -0.2) is 72.2 Å². The molecule has 0 spiro atoms. The van der Waals surface area contributed by atoms with Gasteiger partial charge in [-0.25, -0.2) is 4.98 Å². The van der Waals surface area contributed by atoms with Gasteiger partial charge in [-0.05, 0) is 31.9 Å². The monoisotopic (exact) mass is 388 g/mol. The Kier molecular flexibility index (Phi) is 6.02. The average molecular weight is 389 g/mol. The minimum Gasteiger partial charge on any atom is -0.376 e. The molecule has 0 saturated carbocycles. The van der Waals surface area contributed by atoms with E-state index in [-0.39, 0.29) is 18.1 Å². The van der Waals surface area contributed by atoms with Gasteiger partial charge in [0.2, 0.25) is 5.91 Å². The SMILES string of the molecule is C[C@@H](C(=O)NC[C@H]1CCCO1)N1CCN(Cc2nc3ccccc3s2)CC1. The Balaban J connectivity index is 1.23. The molecule has 27 heavy (non-hydrogen) atoms. The highest BCUT2D eigenvalue weighted by atomic mass is 32.1. The highest BCUT2D eigenvalue weighted by molar-refractivity contribution is 7.18. The predicted octanol–water partition coefficient (Wildman–Crippen LogP) is 2.10. The van der Waals surface area contributed by atoms with Gasteiger partial charge in [0.15, 0.2) is 0 Å². The summed E-state index contributed by atoms with van der Waals surface area (Å²) in [4.78, 5) is 21.9. The van der Waals surface area contributed by atoms with Gasteiger partial charge in [-0.2, -0.15) is 0 Å². The summed E-state index contributed by atoms with van der Waals surface area (Å²) in [5, 5.41) is 4.23. The van der Waals surface area contributed by atoms with Crippen molar-refractivity contribution in [3.05, 3.63) is 29.3 Å². The summed E-state index contributed by atoms with van der Waals surface area (Å²) in [6, 6.07) is 8.22. The molecule has 2 atom stereocenters. The molecular formula is C20H28N4O2S. The second-order valence-electron chi connectivity index (χ2n) is 7.44. The number of nitrogens with one attached hydrogen (secondary N) is 1. The first-order valence-corrected chi connectivity index (χ1v) is 10.7. The third-order valence-corrected chi connectivity index (χ3v) is 6.58. The molecule has 0 unspecified atom stereocenters. The molecule has 1 aromatic heterocycles. The molecule has 146 valence electrons. The Morgan fingerprint density at radius 1 is 1.33 bits per heavy atom. The summed E-state index contributed by atoms with van der Waals surface area (Å²) in [5.41, 5.74) is 1.09. The number of carbonyl (C=O) groups excluding carboxylic acids is 1. The number of aromatic nitrogens is 1. The zero-order valence-corrected chi connectivity index (χ0v) is 16.7. The van der Waals surface area contributed by atoms with E-state index in [4.69, 9.17) is 9.72 Å². The lowest BCUT2D eigenvalue weighted by Gasteiger charge is -2.37. The molecule has 3 heterocycles. The van der Waals surface area contributed by atoms with Gasteiger partial charge in [0, 0.05) is 39.3 Å². The van der Waals surface area contributed by atoms with E-state index in [1.807, 2.05) is 13.0 Å². The molecule has 0 aliphatic carbocycles. The quantitative estimate of drug-likeness (QED) is 0.821. The minimum atomic E-state index is -0.0870. The van der Waals surface area contributed by atoms with E-state index < -0.39 is 0 Å². The Bertz CT molecular complexity index is 733. The molecule has 2 saturated heterocycles. The third kappa shape index (κ3) is 4.66. The maximum atomic E-state index is 12.4. The lowest BCUT2D eigenvalue weighted by atomic mass is 10.2. The standard InChI is InChI=1S/C20H28N4O2S/c1-15(20(25)21-13-16-5-4-12-26-16)24-10-8-23(9-11-24)14-19-22-17-6-2-3-7-18(17)27-19/h2-3,6-7,15-16H,4-5,8-14H2,1H3,(H,21,25)/t15-,16+/m0/s1. The molecule has 0 bridgehead atoms. The number of hydrogen-bond acceptors (Lipinski definition) is 6. The molecule has 0 radical (unpaired) electrons. The average Bonchev–Trinajstić information content (AvgIpc) is 3.35. The molecule has 1 N–H and O–H groups in total. The number of hydrogen-bond donors (Lipinski definition) is 1.